The van der Waals surface area contributed by atoms with E-state index < -0.39 is 0 Å². The van der Waals surface area contributed by atoms with Crippen LogP contribution in [0, 0.1) is 0 Å². The maximum absolute atomic E-state index is 13.2. The lowest BCUT2D eigenvalue weighted by Crippen LogP contribution is -2.03. The number of carbonyl (C=O) groups is 1. The fourth-order valence-corrected chi connectivity index (χ4v) is 3.86. The van der Waals surface area contributed by atoms with Crippen LogP contribution in [0.4, 0.5) is 0 Å². The average molecular weight is 358 g/mol. The molecule has 0 atom stereocenters. The van der Waals surface area contributed by atoms with Crippen LogP contribution in [0.25, 0.3) is 32.7 Å². The van der Waals surface area contributed by atoms with Crippen LogP contribution in [-0.2, 0) is 0 Å². The van der Waals surface area contributed by atoms with Gasteiger partial charge in [0.1, 0.15) is 0 Å². The third kappa shape index (κ3) is 2.78. The van der Waals surface area contributed by atoms with Crippen LogP contribution < -0.4 is 0 Å². The summed E-state index contributed by atoms with van der Waals surface area (Å²) in [6.45, 7) is 0. The van der Waals surface area contributed by atoms with Crippen molar-refractivity contribution in [3.05, 3.63) is 120 Å². The Balaban J connectivity index is 1.75. The van der Waals surface area contributed by atoms with Crippen molar-refractivity contribution in [3.8, 4) is 11.1 Å². The first-order valence-electron chi connectivity index (χ1n) is 9.42. The van der Waals surface area contributed by atoms with Crippen LogP contribution >= 0.6 is 0 Å². The van der Waals surface area contributed by atoms with Crippen LogP contribution in [0.5, 0.6) is 0 Å². The first-order chi connectivity index (χ1) is 13.8. The molecule has 0 fully saturated rings. The Morgan fingerprint density at radius 1 is 0.500 bits per heavy atom. The fourth-order valence-electron chi connectivity index (χ4n) is 3.86. The monoisotopic (exact) mass is 358 g/mol. The summed E-state index contributed by atoms with van der Waals surface area (Å²) in [7, 11) is 0. The molecule has 0 unspecified atom stereocenters. The van der Waals surface area contributed by atoms with E-state index in [1.165, 1.54) is 16.2 Å². The molecule has 5 aromatic carbocycles. The maximum Gasteiger partial charge on any atom is 0.193 e. The maximum atomic E-state index is 13.2. The minimum atomic E-state index is 0.0500. The summed E-state index contributed by atoms with van der Waals surface area (Å²) in [6.07, 6.45) is 0. The Bertz CT molecular complexity index is 1320. The summed E-state index contributed by atoms with van der Waals surface area (Å²) >= 11 is 0. The molecule has 0 aliphatic carbocycles. The number of hydrogen-bond donors (Lipinski definition) is 0. The predicted molar refractivity (Wildman–Crippen MR) is 117 cm³/mol. The van der Waals surface area contributed by atoms with E-state index in [2.05, 4.69) is 54.6 Å². The van der Waals surface area contributed by atoms with Crippen molar-refractivity contribution in [2.45, 2.75) is 0 Å². The highest BCUT2D eigenvalue weighted by molar-refractivity contribution is 6.15. The Morgan fingerprint density at radius 3 is 1.93 bits per heavy atom. The van der Waals surface area contributed by atoms with Crippen molar-refractivity contribution < 1.29 is 4.79 Å². The standard InChI is InChI=1S/C27H18O/c28-27(19-9-2-1-3-10-19)25-15-7-6-14-23(25)24-16-8-13-22-17-20-11-4-5-12-21(20)18-26(22)24/h1-18H. The fraction of sp³-hybridized carbons (Fsp3) is 0. The van der Waals surface area contributed by atoms with E-state index in [0.29, 0.717) is 5.56 Å². The van der Waals surface area contributed by atoms with Gasteiger partial charge in [-0.2, -0.15) is 0 Å². The highest BCUT2D eigenvalue weighted by Crippen LogP contribution is 2.34. The van der Waals surface area contributed by atoms with Crippen molar-refractivity contribution in [3.63, 3.8) is 0 Å². The number of rotatable bonds is 3. The van der Waals surface area contributed by atoms with Crippen LogP contribution in [0.1, 0.15) is 15.9 Å². The zero-order chi connectivity index (χ0) is 18.9. The number of hydrogen-bond acceptors (Lipinski definition) is 1. The summed E-state index contributed by atoms with van der Waals surface area (Å²) in [5.41, 5.74) is 3.50. The highest BCUT2D eigenvalue weighted by Gasteiger charge is 2.16. The Hall–Kier alpha value is -3.71. The van der Waals surface area contributed by atoms with Gasteiger partial charge in [0.2, 0.25) is 0 Å². The third-order valence-electron chi connectivity index (χ3n) is 5.24. The molecule has 0 N–H and O–H groups in total. The van der Waals surface area contributed by atoms with Crippen molar-refractivity contribution in [1.82, 2.24) is 0 Å². The molecule has 5 aromatic rings. The Kier molecular flexibility index (Phi) is 3.99. The topological polar surface area (TPSA) is 17.1 Å². The van der Waals surface area contributed by atoms with Gasteiger partial charge in [0.25, 0.3) is 0 Å². The summed E-state index contributed by atoms with van der Waals surface area (Å²) in [6, 6.07) is 36.5. The van der Waals surface area contributed by atoms with Gasteiger partial charge in [-0.1, -0.05) is 97.1 Å². The second-order valence-electron chi connectivity index (χ2n) is 6.97. The van der Waals surface area contributed by atoms with Crippen LogP contribution in [0.2, 0.25) is 0 Å². The molecule has 0 saturated heterocycles. The number of ketones is 1. The molecule has 0 amide bonds. The normalized spacial score (nSPS) is 11.0. The number of carbonyl (C=O) groups excluding carboxylic acids is 1. The van der Waals surface area contributed by atoms with E-state index in [1.807, 2.05) is 54.6 Å². The van der Waals surface area contributed by atoms with Gasteiger partial charge < -0.3 is 0 Å². The molecular formula is C27H18O. The molecule has 0 heterocycles. The number of fused-ring (bicyclic) bond motifs is 2. The molecule has 1 heteroatoms. The average Bonchev–Trinajstić information content (AvgIpc) is 2.77. The van der Waals surface area contributed by atoms with Gasteiger partial charge in [-0.15, -0.1) is 0 Å². The quantitative estimate of drug-likeness (QED) is 0.253. The molecular weight excluding hydrogens is 340 g/mol. The number of benzene rings is 5. The van der Waals surface area contributed by atoms with Gasteiger partial charge in [-0.3, -0.25) is 4.79 Å². The Morgan fingerprint density at radius 2 is 1.11 bits per heavy atom. The second-order valence-corrected chi connectivity index (χ2v) is 6.97. The molecule has 1 nitrogen and oxygen atoms in total. The largest absolute Gasteiger partial charge is 0.289 e. The van der Waals surface area contributed by atoms with E-state index in [1.54, 1.807) is 0 Å². The summed E-state index contributed by atoms with van der Waals surface area (Å²) in [4.78, 5) is 13.2. The SMILES string of the molecule is O=C(c1ccccc1)c1ccccc1-c1cccc2cc3ccccc3cc12. The van der Waals surface area contributed by atoms with Crippen molar-refractivity contribution in [2.24, 2.45) is 0 Å². The zero-order valence-electron chi connectivity index (χ0n) is 15.3. The lowest BCUT2D eigenvalue weighted by molar-refractivity contribution is 0.103. The van der Waals surface area contributed by atoms with Crippen LogP contribution in [0.15, 0.2) is 109 Å². The van der Waals surface area contributed by atoms with E-state index in [-0.39, 0.29) is 5.78 Å². The molecule has 0 saturated carbocycles. The molecule has 0 bridgehead atoms. The molecule has 0 radical (unpaired) electrons. The van der Waals surface area contributed by atoms with Gasteiger partial charge in [-0.05, 0) is 44.8 Å². The zero-order valence-corrected chi connectivity index (χ0v) is 15.3. The van der Waals surface area contributed by atoms with E-state index >= 15 is 0 Å². The lowest BCUT2D eigenvalue weighted by atomic mass is 9.90. The van der Waals surface area contributed by atoms with Gasteiger partial charge in [0.15, 0.2) is 5.78 Å². The van der Waals surface area contributed by atoms with Gasteiger partial charge in [-0.25, -0.2) is 0 Å². The summed E-state index contributed by atoms with van der Waals surface area (Å²) in [5.74, 6) is 0.0500. The first-order valence-corrected chi connectivity index (χ1v) is 9.42. The molecule has 0 spiro atoms. The van der Waals surface area contributed by atoms with Crippen LogP contribution in [0.3, 0.4) is 0 Å². The van der Waals surface area contributed by atoms with Gasteiger partial charge in [0.05, 0.1) is 0 Å². The van der Waals surface area contributed by atoms with E-state index in [4.69, 9.17) is 0 Å². The first kappa shape index (κ1) is 16.5. The van der Waals surface area contributed by atoms with E-state index in [0.717, 1.165) is 22.1 Å². The predicted octanol–water partition coefficient (Wildman–Crippen LogP) is 6.89. The minimum Gasteiger partial charge on any atom is -0.289 e. The van der Waals surface area contributed by atoms with Gasteiger partial charge in [0, 0.05) is 11.1 Å². The molecule has 0 aliphatic rings. The lowest BCUT2D eigenvalue weighted by Gasteiger charge is -2.13. The van der Waals surface area contributed by atoms with Crippen LogP contribution in [-0.4, -0.2) is 5.78 Å². The van der Waals surface area contributed by atoms with E-state index in [9.17, 15) is 4.79 Å². The van der Waals surface area contributed by atoms with Crippen molar-refractivity contribution in [2.75, 3.05) is 0 Å². The summed E-state index contributed by atoms with van der Waals surface area (Å²) < 4.78 is 0. The molecule has 0 aliphatic heterocycles. The minimum absolute atomic E-state index is 0.0500. The third-order valence-corrected chi connectivity index (χ3v) is 5.24. The highest BCUT2D eigenvalue weighted by atomic mass is 16.1. The molecule has 132 valence electrons. The summed E-state index contributed by atoms with van der Waals surface area (Å²) in [5, 5.41) is 4.77. The molecule has 5 rings (SSSR count). The second kappa shape index (κ2) is 6.79. The molecule has 0 aromatic heterocycles. The molecule has 28 heavy (non-hydrogen) atoms. The smallest absolute Gasteiger partial charge is 0.193 e. The van der Waals surface area contributed by atoms with Gasteiger partial charge >= 0.3 is 0 Å². The Labute approximate surface area is 163 Å². The van der Waals surface area contributed by atoms with Crippen molar-refractivity contribution >= 4 is 27.3 Å². The van der Waals surface area contributed by atoms with Crippen molar-refractivity contribution in [1.29, 1.82) is 0 Å².